The maximum Gasteiger partial charge on any atom is 0.343 e. The number of carbonyl (C=O) groups is 1. The molecule has 1 heterocycles. The molecule has 0 bridgehead atoms. The number of hydrogen-bond donors (Lipinski definition) is 1. The van der Waals surface area contributed by atoms with Gasteiger partial charge < -0.3 is 19.9 Å². The lowest BCUT2D eigenvalue weighted by Crippen LogP contribution is -2.10. The van der Waals surface area contributed by atoms with E-state index >= 15 is 0 Å². The molecule has 2 N–H and O–H groups in total. The minimum absolute atomic E-state index is 0.0918. The number of nitrogens with zero attached hydrogens (tertiary/aromatic N) is 1. The van der Waals surface area contributed by atoms with Crippen LogP contribution in [-0.4, -0.2) is 24.7 Å². The Morgan fingerprint density at radius 1 is 1.39 bits per heavy atom. The Labute approximate surface area is 146 Å². The monoisotopic (exact) mass is 400 g/mol. The Balaban J connectivity index is 2.51. The number of pyridine rings is 1. The molecule has 0 aliphatic rings. The average molecular weight is 402 g/mol. The predicted octanol–water partition coefficient (Wildman–Crippen LogP) is 4.06. The van der Waals surface area contributed by atoms with Crippen LogP contribution in [0, 0.1) is 0 Å². The number of halogens is 2. The van der Waals surface area contributed by atoms with E-state index in [9.17, 15) is 4.79 Å². The standard InChI is InChI=1S/C15H14BrClN2O4/c1-3-22-15(20)11-7-19-14(21-2)12(18)13(11)23-10-5-8(16)4-9(17)6-10/h4-7H,3,18H2,1-2H3. The molecule has 0 radical (unpaired) electrons. The van der Waals surface area contributed by atoms with Crippen molar-refractivity contribution in [3.05, 3.63) is 39.5 Å². The molecule has 0 saturated carbocycles. The van der Waals surface area contributed by atoms with Crippen molar-refractivity contribution in [1.29, 1.82) is 0 Å². The highest BCUT2D eigenvalue weighted by molar-refractivity contribution is 9.10. The Kier molecular flexibility index (Phi) is 5.68. The van der Waals surface area contributed by atoms with E-state index in [2.05, 4.69) is 20.9 Å². The Morgan fingerprint density at radius 2 is 2.13 bits per heavy atom. The molecule has 0 aliphatic heterocycles. The largest absolute Gasteiger partial charge is 0.479 e. The number of ether oxygens (including phenoxy) is 3. The van der Waals surface area contributed by atoms with Crippen LogP contribution < -0.4 is 15.2 Å². The van der Waals surface area contributed by atoms with Crippen LogP contribution in [0.5, 0.6) is 17.4 Å². The number of methoxy groups -OCH3 is 1. The lowest BCUT2D eigenvalue weighted by atomic mass is 10.2. The van der Waals surface area contributed by atoms with Gasteiger partial charge in [-0.25, -0.2) is 9.78 Å². The number of hydrogen-bond acceptors (Lipinski definition) is 6. The zero-order chi connectivity index (χ0) is 17.0. The number of rotatable bonds is 5. The molecule has 0 fully saturated rings. The van der Waals surface area contributed by atoms with E-state index in [-0.39, 0.29) is 29.5 Å². The SMILES string of the molecule is CCOC(=O)c1cnc(OC)c(N)c1Oc1cc(Cl)cc(Br)c1. The summed E-state index contributed by atoms with van der Waals surface area (Å²) in [4.78, 5) is 16.0. The Bertz CT molecular complexity index is 719. The van der Waals surface area contributed by atoms with Crippen molar-refractivity contribution in [2.75, 3.05) is 19.5 Å². The van der Waals surface area contributed by atoms with Gasteiger partial charge in [-0.05, 0) is 25.1 Å². The molecule has 8 heteroatoms. The topological polar surface area (TPSA) is 83.7 Å². The average Bonchev–Trinajstić information content (AvgIpc) is 2.48. The summed E-state index contributed by atoms with van der Waals surface area (Å²) in [5.74, 6) is 0.0546. The van der Waals surface area contributed by atoms with Crippen LogP contribution in [0.15, 0.2) is 28.9 Å². The van der Waals surface area contributed by atoms with E-state index in [1.807, 2.05) is 0 Å². The van der Waals surface area contributed by atoms with Crippen LogP contribution in [0.1, 0.15) is 17.3 Å². The number of benzene rings is 1. The maximum atomic E-state index is 12.1. The van der Waals surface area contributed by atoms with Crippen LogP contribution in [-0.2, 0) is 4.74 Å². The second-order valence-electron chi connectivity index (χ2n) is 4.35. The van der Waals surface area contributed by atoms with Crippen molar-refractivity contribution < 1.29 is 19.0 Å². The van der Waals surface area contributed by atoms with Crippen LogP contribution in [0.4, 0.5) is 5.69 Å². The summed E-state index contributed by atoms with van der Waals surface area (Å²) in [6, 6.07) is 4.98. The first-order chi connectivity index (χ1) is 11.0. The number of anilines is 1. The summed E-state index contributed by atoms with van der Waals surface area (Å²) < 4.78 is 16.5. The van der Waals surface area contributed by atoms with Gasteiger partial charge in [0.05, 0.1) is 13.7 Å². The third kappa shape index (κ3) is 4.05. The van der Waals surface area contributed by atoms with Crippen LogP contribution >= 0.6 is 27.5 Å². The van der Waals surface area contributed by atoms with Gasteiger partial charge in [0.15, 0.2) is 5.75 Å². The number of nitrogen functional groups attached to an aromatic ring is 1. The highest BCUT2D eigenvalue weighted by Gasteiger charge is 2.21. The molecular weight excluding hydrogens is 388 g/mol. The third-order valence-corrected chi connectivity index (χ3v) is 3.45. The summed E-state index contributed by atoms with van der Waals surface area (Å²) in [7, 11) is 1.42. The zero-order valence-electron chi connectivity index (χ0n) is 12.4. The summed E-state index contributed by atoms with van der Waals surface area (Å²) in [5.41, 5.74) is 6.18. The third-order valence-electron chi connectivity index (χ3n) is 2.78. The molecule has 6 nitrogen and oxygen atoms in total. The fourth-order valence-corrected chi connectivity index (χ4v) is 2.65. The molecule has 2 aromatic rings. The molecule has 2 rings (SSSR count). The van der Waals surface area contributed by atoms with E-state index in [0.717, 1.165) is 4.47 Å². The lowest BCUT2D eigenvalue weighted by Gasteiger charge is -2.14. The van der Waals surface area contributed by atoms with E-state index in [1.54, 1.807) is 25.1 Å². The molecule has 0 aliphatic carbocycles. The summed E-state index contributed by atoms with van der Waals surface area (Å²) in [6.45, 7) is 1.92. The van der Waals surface area contributed by atoms with Gasteiger partial charge >= 0.3 is 5.97 Å². The van der Waals surface area contributed by atoms with Crippen molar-refractivity contribution in [3.8, 4) is 17.4 Å². The quantitative estimate of drug-likeness (QED) is 0.761. The van der Waals surface area contributed by atoms with Gasteiger partial charge in [-0.3, -0.25) is 0 Å². The zero-order valence-corrected chi connectivity index (χ0v) is 14.8. The van der Waals surface area contributed by atoms with Crippen molar-refractivity contribution >= 4 is 39.2 Å². The smallest absolute Gasteiger partial charge is 0.343 e. The highest BCUT2D eigenvalue weighted by Crippen LogP contribution is 2.38. The van der Waals surface area contributed by atoms with Gasteiger partial charge in [-0.2, -0.15) is 0 Å². The second kappa shape index (κ2) is 7.52. The summed E-state index contributed by atoms with van der Waals surface area (Å²) in [5, 5.41) is 0.464. The van der Waals surface area contributed by atoms with Crippen LogP contribution in [0.2, 0.25) is 5.02 Å². The van der Waals surface area contributed by atoms with Crippen molar-refractivity contribution in [3.63, 3.8) is 0 Å². The van der Waals surface area contributed by atoms with E-state index in [1.165, 1.54) is 13.3 Å². The highest BCUT2D eigenvalue weighted by atomic mass is 79.9. The van der Waals surface area contributed by atoms with Crippen LogP contribution in [0.25, 0.3) is 0 Å². The van der Waals surface area contributed by atoms with Gasteiger partial charge in [0.1, 0.15) is 17.0 Å². The number of aromatic nitrogens is 1. The minimum atomic E-state index is -0.592. The van der Waals surface area contributed by atoms with Gasteiger partial charge in [-0.15, -0.1) is 0 Å². The Hall–Kier alpha value is -1.99. The fourth-order valence-electron chi connectivity index (χ4n) is 1.83. The molecule has 0 unspecified atom stereocenters. The fraction of sp³-hybridized carbons (Fsp3) is 0.200. The number of nitrogens with two attached hydrogens (primary N) is 1. The summed E-state index contributed by atoms with van der Waals surface area (Å²) in [6.07, 6.45) is 1.29. The molecule has 0 saturated heterocycles. The molecule has 1 aromatic heterocycles. The predicted molar refractivity (Wildman–Crippen MR) is 90.4 cm³/mol. The van der Waals surface area contributed by atoms with Gasteiger partial charge in [0.25, 0.3) is 0 Å². The van der Waals surface area contributed by atoms with E-state index in [0.29, 0.717) is 10.8 Å². The Morgan fingerprint density at radius 3 is 2.74 bits per heavy atom. The molecule has 23 heavy (non-hydrogen) atoms. The van der Waals surface area contributed by atoms with Crippen LogP contribution in [0.3, 0.4) is 0 Å². The molecule has 1 aromatic carbocycles. The van der Waals surface area contributed by atoms with Gasteiger partial charge in [0.2, 0.25) is 5.88 Å². The molecule has 0 atom stereocenters. The van der Waals surface area contributed by atoms with Crippen molar-refractivity contribution in [2.45, 2.75) is 6.92 Å². The van der Waals surface area contributed by atoms with E-state index < -0.39 is 5.97 Å². The van der Waals surface area contributed by atoms with Crippen molar-refractivity contribution in [1.82, 2.24) is 4.98 Å². The van der Waals surface area contributed by atoms with E-state index in [4.69, 9.17) is 31.5 Å². The number of esters is 1. The van der Waals surface area contributed by atoms with Crippen molar-refractivity contribution in [2.24, 2.45) is 0 Å². The lowest BCUT2D eigenvalue weighted by molar-refractivity contribution is 0.0523. The minimum Gasteiger partial charge on any atom is -0.479 e. The first-order valence-corrected chi connectivity index (χ1v) is 7.76. The molecular formula is C15H14BrClN2O4. The molecule has 0 spiro atoms. The first kappa shape index (κ1) is 17.4. The molecule has 122 valence electrons. The number of carbonyl (C=O) groups excluding carboxylic acids is 1. The molecule has 0 amide bonds. The van der Waals surface area contributed by atoms with Gasteiger partial charge in [-0.1, -0.05) is 27.5 Å². The second-order valence-corrected chi connectivity index (χ2v) is 5.70. The summed E-state index contributed by atoms with van der Waals surface area (Å²) >= 11 is 9.32. The van der Waals surface area contributed by atoms with Gasteiger partial charge in [0, 0.05) is 15.7 Å². The first-order valence-electron chi connectivity index (χ1n) is 6.59. The normalized spacial score (nSPS) is 10.3. The maximum absolute atomic E-state index is 12.1.